The van der Waals surface area contributed by atoms with Gasteiger partial charge < -0.3 is 32.5 Å². The molecule has 0 radical (unpaired) electrons. The SMILES string of the molecule is O=C(NCCO)C1CC[NH+](CCCOc2ccc(Cl)cn2)CC1.[Cl-]. The molecule has 1 amide bonds. The molecular formula is C16H25Cl2N3O3. The lowest BCUT2D eigenvalue weighted by Gasteiger charge is -2.28. The van der Waals surface area contributed by atoms with E-state index < -0.39 is 0 Å². The summed E-state index contributed by atoms with van der Waals surface area (Å²) in [7, 11) is 0. The number of carbonyl (C=O) groups is 1. The van der Waals surface area contributed by atoms with Gasteiger partial charge >= 0.3 is 0 Å². The minimum atomic E-state index is -0.00167. The van der Waals surface area contributed by atoms with E-state index in [4.69, 9.17) is 21.4 Å². The van der Waals surface area contributed by atoms with Crippen molar-refractivity contribution in [3.05, 3.63) is 23.4 Å². The molecule has 136 valence electrons. The van der Waals surface area contributed by atoms with Crippen LogP contribution in [0.1, 0.15) is 19.3 Å². The third-order valence-electron chi connectivity index (χ3n) is 4.10. The zero-order valence-corrected chi connectivity index (χ0v) is 15.2. The number of amides is 1. The molecule has 0 unspecified atom stereocenters. The number of likely N-dealkylation sites (tertiary alicyclic amines) is 1. The second-order valence-corrected chi connectivity index (χ2v) is 6.24. The van der Waals surface area contributed by atoms with Crippen LogP contribution in [-0.2, 0) is 4.79 Å². The lowest BCUT2D eigenvalue weighted by molar-refractivity contribution is -0.906. The maximum absolute atomic E-state index is 11.8. The van der Waals surface area contributed by atoms with Gasteiger partial charge in [-0.3, -0.25) is 4.79 Å². The monoisotopic (exact) mass is 377 g/mol. The van der Waals surface area contributed by atoms with E-state index in [9.17, 15) is 4.79 Å². The molecule has 1 fully saturated rings. The fraction of sp³-hybridized carbons (Fsp3) is 0.625. The first-order chi connectivity index (χ1) is 11.2. The molecule has 3 N–H and O–H groups in total. The summed E-state index contributed by atoms with van der Waals surface area (Å²) in [5, 5.41) is 12.1. The van der Waals surface area contributed by atoms with Gasteiger partial charge in [-0.1, -0.05) is 11.6 Å². The van der Waals surface area contributed by atoms with Gasteiger partial charge in [0.2, 0.25) is 11.8 Å². The molecule has 0 atom stereocenters. The third-order valence-corrected chi connectivity index (χ3v) is 4.32. The summed E-state index contributed by atoms with van der Waals surface area (Å²) in [5.41, 5.74) is 0. The van der Waals surface area contributed by atoms with E-state index >= 15 is 0 Å². The number of nitrogens with one attached hydrogen (secondary N) is 2. The second kappa shape index (κ2) is 11.5. The van der Waals surface area contributed by atoms with Gasteiger partial charge in [0.15, 0.2) is 0 Å². The van der Waals surface area contributed by atoms with Crippen molar-refractivity contribution in [3.63, 3.8) is 0 Å². The molecule has 0 bridgehead atoms. The van der Waals surface area contributed by atoms with Gasteiger partial charge in [0.25, 0.3) is 0 Å². The molecule has 1 aromatic rings. The number of carbonyl (C=O) groups excluding carboxylic acids is 1. The van der Waals surface area contributed by atoms with Crippen LogP contribution in [-0.4, -0.2) is 55.4 Å². The number of halogens is 2. The number of piperidine rings is 1. The van der Waals surface area contributed by atoms with Crippen molar-refractivity contribution in [1.82, 2.24) is 10.3 Å². The van der Waals surface area contributed by atoms with E-state index in [-0.39, 0.29) is 30.8 Å². The van der Waals surface area contributed by atoms with E-state index in [0.717, 1.165) is 38.9 Å². The third kappa shape index (κ3) is 7.21. The van der Waals surface area contributed by atoms with Crippen molar-refractivity contribution in [3.8, 4) is 5.88 Å². The van der Waals surface area contributed by atoms with Gasteiger partial charge in [0.1, 0.15) is 0 Å². The Morgan fingerprint density at radius 2 is 2.17 bits per heavy atom. The number of rotatable bonds is 8. The Hall–Kier alpha value is -1.08. The van der Waals surface area contributed by atoms with Crippen molar-refractivity contribution in [1.29, 1.82) is 0 Å². The molecule has 0 saturated carbocycles. The highest BCUT2D eigenvalue weighted by atomic mass is 35.5. The summed E-state index contributed by atoms with van der Waals surface area (Å²) in [6, 6.07) is 3.54. The zero-order valence-electron chi connectivity index (χ0n) is 13.6. The highest BCUT2D eigenvalue weighted by Crippen LogP contribution is 2.11. The molecule has 1 saturated heterocycles. The van der Waals surface area contributed by atoms with Crippen molar-refractivity contribution in [2.24, 2.45) is 5.92 Å². The average molecular weight is 378 g/mol. The summed E-state index contributed by atoms with van der Waals surface area (Å²) in [6.07, 6.45) is 4.36. The first-order valence-corrected chi connectivity index (χ1v) is 8.53. The molecule has 1 aliphatic rings. The number of hydrogen-bond acceptors (Lipinski definition) is 4. The Morgan fingerprint density at radius 3 is 2.79 bits per heavy atom. The predicted octanol–water partition coefficient (Wildman–Crippen LogP) is -3.09. The van der Waals surface area contributed by atoms with Crippen LogP contribution < -0.4 is 27.4 Å². The Bertz CT molecular complexity index is 480. The quantitative estimate of drug-likeness (QED) is 0.420. The van der Waals surface area contributed by atoms with Crippen molar-refractivity contribution < 1.29 is 31.9 Å². The zero-order chi connectivity index (χ0) is 16.5. The summed E-state index contributed by atoms with van der Waals surface area (Å²) >= 11 is 5.77. The average Bonchev–Trinajstić information content (AvgIpc) is 2.58. The number of aliphatic hydroxyl groups excluding tert-OH is 1. The number of pyridine rings is 1. The van der Waals surface area contributed by atoms with Crippen molar-refractivity contribution in [2.75, 3.05) is 39.4 Å². The summed E-state index contributed by atoms with van der Waals surface area (Å²) in [5.74, 6) is 0.777. The van der Waals surface area contributed by atoms with E-state index in [2.05, 4.69) is 10.3 Å². The van der Waals surface area contributed by atoms with Crippen LogP contribution in [0.2, 0.25) is 5.02 Å². The lowest BCUT2D eigenvalue weighted by atomic mass is 9.96. The molecule has 1 aliphatic heterocycles. The molecule has 1 aromatic heterocycles. The fourth-order valence-corrected chi connectivity index (χ4v) is 2.92. The molecular weight excluding hydrogens is 353 g/mol. The fourth-order valence-electron chi connectivity index (χ4n) is 2.81. The van der Waals surface area contributed by atoms with Gasteiger partial charge in [-0.15, -0.1) is 0 Å². The van der Waals surface area contributed by atoms with Crippen LogP contribution in [0.25, 0.3) is 0 Å². The van der Waals surface area contributed by atoms with Gasteiger partial charge in [-0.05, 0) is 6.07 Å². The molecule has 8 heteroatoms. The standard InChI is InChI=1S/C16H24ClN3O3.ClH/c17-14-2-3-15(19-12-14)23-11-1-7-20-8-4-13(5-9-20)16(22)18-6-10-21;/h2-3,12-13,21H,1,4-11H2,(H,18,22);1H. The molecule has 2 heterocycles. The molecule has 0 spiro atoms. The minimum Gasteiger partial charge on any atom is -1.00 e. The van der Waals surface area contributed by atoms with Crippen molar-refractivity contribution in [2.45, 2.75) is 19.3 Å². The van der Waals surface area contributed by atoms with Crippen molar-refractivity contribution >= 4 is 17.5 Å². The van der Waals surface area contributed by atoms with Crippen LogP contribution >= 0.6 is 11.6 Å². The summed E-state index contributed by atoms with van der Waals surface area (Å²) in [6.45, 7) is 4.05. The van der Waals surface area contributed by atoms with Crippen LogP contribution in [0, 0.1) is 5.92 Å². The number of hydrogen-bond donors (Lipinski definition) is 3. The van der Waals surface area contributed by atoms with Crippen LogP contribution in [0.4, 0.5) is 0 Å². The molecule has 0 aliphatic carbocycles. The Kier molecular flexibility index (Phi) is 10.0. The first kappa shape index (κ1) is 21.0. The number of nitrogens with zero attached hydrogens (tertiary/aromatic N) is 1. The van der Waals surface area contributed by atoms with Gasteiger partial charge in [0.05, 0.1) is 37.9 Å². The van der Waals surface area contributed by atoms with Gasteiger partial charge in [0, 0.05) is 44.0 Å². The van der Waals surface area contributed by atoms with Crippen LogP contribution in [0.5, 0.6) is 5.88 Å². The molecule has 2 rings (SSSR count). The predicted molar refractivity (Wildman–Crippen MR) is 87.7 cm³/mol. The lowest BCUT2D eigenvalue weighted by Crippen LogP contribution is -3.13. The number of ether oxygens (including phenoxy) is 1. The molecule has 24 heavy (non-hydrogen) atoms. The first-order valence-electron chi connectivity index (χ1n) is 8.15. The highest BCUT2D eigenvalue weighted by Gasteiger charge is 2.26. The van der Waals surface area contributed by atoms with E-state index in [1.807, 2.05) is 0 Å². The van der Waals surface area contributed by atoms with Crippen LogP contribution in [0.15, 0.2) is 18.3 Å². The van der Waals surface area contributed by atoms with Crippen LogP contribution in [0.3, 0.4) is 0 Å². The smallest absolute Gasteiger partial charge is 0.223 e. The number of quaternary nitrogens is 1. The largest absolute Gasteiger partial charge is 1.00 e. The maximum atomic E-state index is 11.8. The van der Waals surface area contributed by atoms with E-state index in [1.165, 1.54) is 4.90 Å². The summed E-state index contributed by atoms with van der Waals surface area (Å²) in [4.78, 5) is 17.4. The Labute approximate surface area is 153 Å². The normalized spacial score (nSPS) is 20.1. The molecule has 0 aromatic carbocycles. The molecule has 6 nitrogen and oxygen atoms in total. The second-order valence-electron chi connectivity index (χ2n) is 5.81. The topological polar surface area (TPSA) is 75.9 Å². The van der Waals surface area contributed by atoms with Gasteiger partial charge in [-0.25, -0.2) is 4.98 Å². The summed E-state index contributed by atoms with van der Waals surface area (Å²) < 4.78 is 5.58. The Morgan fingerprint density at radius 1 is 1.42 bits per heavy atom. The van der Waals surface area contributed by atoms with Gasteiger partial charge in [-0.2, -0.15) is 0 Å². The minimum absolute atomic E-state index is 0. The van der Waals surface area contributed by atoms with E-state index in [0.29, 0.717) is 24.1 Å². The number of aliphatic hydroxyl groups is 1. The number of aromatic nitrogens is 1. The maximum Gasteiger partial charge on any atom is 0.223 e. The van der Waals surface area contributed by atoms with E-state index in [1.54, 1.807) is 18.3 Å². The Balaban J connectivity index is 0.00000288. The highest BCUT2D eigenvalue weighted by molar-refractivity contribution is 6.30.